The first-order chi connectivity index (χ1) is 10.9. The maximum atomic E-state index is 12.5. The number of rotatable bonds is 6. The Balaban J connectivity index is 1.66. The summed E-state index contributed by atoms with van der Waals surface area (Å²) in [4.78, 5) is 15.0. The second-order valence-electron chi connectivity index (χ2n) is 6.59. The molecule has 23 heavy (non-hydrogen) atoms. The standard InChI is InChI=1S/C16H24N2O3S2/c1-12(13-5-6-13)17(2)15(19)11-14-7-8-16(22-14)23(20,21)18-9-3-4-10-18/h7-8,12-13H,3-6,9-11H2,1-2H3. The molecule has 1 amide bonds. The summed E-state index contributed by atoms with van der Waals surface area (Å²) >= 11 is 1.23. The number of carbonyl (C=O) groups excluding carboxylic acids is 1. The zero-order chi connectivity index (χ0) is 16.6. The van der Waals surface area contributed by atoms with E-state index in [1.165, 1.54) is 24.2 Å². The molecule has 128 valence electrons. The van der Waals surface area contributed by atoms with Gasteiger partial charge < -0.3 is 4.90 Å². The van der Waals surface area contributed by atoms with Crippen molar-refractivity contribution < 1.29 is 13.2 Å². The van der Waals surface area contributed by atoms with Crippen molar-refractivity contribution in [2.24, 2.45) is 5.92 Å². The lowest BCUT2D eigenvalue weighted by atomic mass is 10.2. The van der Waals surface area contributed by atoms with Crippen LogP contribution in [0.15, 0.2) is 16.3 Å². The second-order valence-corrected chi connectivity index (χ2v) is 9.92. The van der Waals surface area contributed by atoms with Crippen LogP contribution in [0, 0.1) is 5.92 Å². The smallest absolute Gasteiger partial charge is 0.252 e. The van der Waals surface area contributed by atoms with Gasteiger partial charge in [0, 0.05) is 31.1 Å². The second kappa shape index (κ2) is 6.53. The fraction of sp³-hybridized carbons (Fsp3) is 0.688. The van der Waals surface area contributed by atoms with E-state index in [-0.39, 0.29) is 18.4 Å². The van der Waals surface area contributed by atoms with Gasteiger partial charge in [-0.3, -0.25) is 4.79 Å². The molecule has 0 N–H and O–H groups in total. The quantitative estimate of drug-likeness (QED) is 0.786. The minimum absolute atomic E-state index is 0.0661. The topological polar surface area (TPSA) is 57.7 Å². The van der Waals surface area contributed by atoms with E-state index in [4.69, 9.17) is 0 Å². The zero-order valence-corrected chi connectivity index (χ0v) is 15.3. The molecule has 1 unspecified atom stereocenters. The molecule has 2 aliphatic rings. The molecule has 2 fully saturated rings. The summed E-state index contributed by atoms with van der Waals surface area (Å²) in [7, 11) is -1.52. The number of likely N-dealkylation sites (N-methyl/N-ethyl adjacent to an activating group) is 1. The Hall–Kier alpha value is -0.920. The molecule has 1 aliphatic heterocycles. The molecular weight excluding hydrogens is 332 g/mol. The van der Waals surface area contributed by atoms with Crippen LogP contribution in [0.1, 0.15) is 37.5 Å². The number of thiophene rings is 1. The Labute approximate surface area is 142 Å². The van der Waals surface area contributed by atoms with E-state index < -0.39 is 10.0 Å². The van der Waals surface area contributed by atoms with E-state index in [0.717, 1.165) is 17.7 Å². The maximum absolute atomic E-state index is 12.5. The Morgan fingerprint density at radius 2 is 2.00 bits per heavy atom. The molecule has 1 aromatic rings. The number of hydrogen-bond acceptors (Lipinski definition) is 4. The molecule has 0 bridgehead atoms. The van der Waals surface area contributed by atoms with Gasteiger partial charge in [-0.15, -0.1) is 11.3 Å². The molecule has 1 atom stereocenters. The van der Waals surface area contributed by atoms with E-state index in [0.29, 0.717) is 23.2 Å². The lowest BCUT2D eigenvalue weighted by Gasteiger charge is -2.24. The van der Waals surface area contributed by atoms with Crippen LogP contribution in [-0.4, -0.2) is 49.7 Å². The van der Waals surface area contributed by atoms with Crippen LogP contribution in [-0.2, 0) is 21.2 Å². The summed E-state index contributed by atoms with van der Waals surface area (Å²) in [5, 5.41) is 0. The number of sulfonamides is 1. The first-order valence-electron chi connectivity index (χ1n) is 8.24. The van der Waals surface area contributed by atoms with Crippen LogP contribution in [0.2, 0.25) is 0 Å². The van der Waals surface area contributed by atoms with Crippen molar-refractivity contribution in [2.45, 2.75) is 49.3 Å². The Morgan fingerprint density at radius 1 is 1.35 bits per heavy atom. The fourth-order valence-corrected chi connectivity index (χ4v) is 6.06. The van der Waals surface area contributed by atoms with Gasteiger partial charge in [-0.1, -0.05) is 0 Å². The Bertz CT molecular complexity index is 673. The van der Waals surface area contributed by atoms with Gasteiger partial charge in [-0.25, -0.2) is 8.42 Å². The van der Waals surface area contributed by atoms with Crippen LogP contribution < -0.4 is 0 Å². The van der Waals surface area contributed by atoms with Gasteiger partial charge in [-0.05, 0) is 50.7 Å². The average molecular weight is 357 g/mol. The number of amides is 1. The van der Waals surface area contributed by atoms with E-state index >= 15 is 0 Å². The molecule has 1 aromatic heterocycles. The highest BCUT2D eigenvalue weighted by Crippen LogP contribution is 2.35. The monoisotopic (exact) mass is 356 g/mol. The van der Waals surface area contributed by atoms with Crippen molar-refractivity contribution in [3.8, 4) is 0 Å². The van der Waals surface area contributed by atoms with Gasteiger partial charge in [0.2, 0.25) is 5.91 Å². The summed E-state index contributed by atoms with van der Waals surface area (Å²) in [6.45, 7) is 3.31. The molecule has 0 aromatic carbocycles. The average Bonchev–Trinajstić information content (AvgIpc) is 3.02. The predicted molar refractivity (Wildman–Crippen MR) is 91.0 cm³/mol. The van der Waals surface area contributed by atoms with E-state index in [2.05, 4.69) is 6.92 Å². The molecule has 1 saturated heterocycles. The molecular formula is C16H24N2O3S2. The summed E-state index contributed by atoms with van der Waals surface area (Å²) < 4.78 is 26.9. The Morgan fingerprint density at radius 3 is 2.61 bits per heavy atom. The molecule has 0 radical (unpaired) electrons. The summed E-state index contributed by atoms with van der Waals surface area (Å²) in [6.07, 6.45) is 4.55. The number of nitrogens with zero attached hydrogens (tertiary/aromatic N) is 2. The first-order valence-corrected chi connectivity index (χ1v) is 10.5. The minimum Gasteiger partial charge on any atom is -0.342 e. The Kier molecular flexibility index (Phi) is 4.80. The lowest BCUT2D eigenvalue weighted by Crippen LogP contribution is -2.37. The molecule has 3 rings (SSSR count). The lowest BCUT2D eigenvalue weighted by molar-refractivity contribution is -0.131. The van der Waals surface area contributed by atoms with Gasteiger partial charge in [0.05, 0.1) is 6.42 Å². The van der Waals surface area contributed by atoms with E-state index in [1.807, 2.05) is 11.9 Å². The summed E-state index contributed by atoms with van der Waals surface area (Å²) in [5.41, 5.74) is 0. The normalized spacial score (nSPS) is 20.6. The third-order valence-corrected chi connectivity index (χ3v) is 8.38. The minimum atomic E-state index is -3.37. The molecule has 5 nitrogen and oxygen atoms in total. The van der Waals surface area contributed by atoms with Gasteiger partial charge in [0.15, 0.2) is 0 Å². The van der Waals surface area contributed by atoms with Crippen molar-refractivity contribution in [3.63, 3.8) is 0 Å². The van der Waals surface area contributed by atoms with Gasteiger partial charge in [0.1, 0.15) is 4.21 Å². The summed E-state index contributed by atoms with van der Waals surface area (Å²) in [5.74, 6) is 0.703. The molecule has 2 heterocycles. The highest BCUT2D eigenvalue weighted by atomic mass is 32.2. The number of hydrogen-bond donors (Lipinski definition) is 0. The van der Waals surface area contributed by atoms with Gasteiger partial charge >= 0.3 is 0 Å². The SMILES string of the molecule is CC(C1CC1)N(C)C(=O)Cc1ccc(S(=O)(=O)N2CCCC2)s1. The molecule has 1 aliphatic carbocycles. The summed E-state index contributed by atoms with van der Waals surface area (Å²) in [6, 6.07) is 3.70. The van der Waals surface area contributed by atoms with Crippen molar-refractivity contribution in [1.29, 1.82) is 0 Å². The van der Waals surface area contributed by atoms with Crippen LogP contribution in [0.25, 0.3) is 0 Å². The zero-order valence-electron chi connectivity index (χ0n) is 13.7. The van der Waals surface area contributed by atoms with Crippen molar-refractivity contribution in [3.05, 3.63) is 17.0 Å². The van der Waals surface area contributed by atoms with Gasteiger partial charge in [0.25, 0.3) is 10.0 Å². The van der Waals surface area contributed by atoms with Crippen LogP contribution in [0.3, 0.4) is 0 Å². The predicted octanol–water partition coefficient (Wildman–Crippen LogP) is 2.33. The van der Waals surface area contributed by atoms with Crippen LogP contribution in [0.5, 0.6) is 0 Å². The fourth-order valence-electron chi connectivity index (χ4n) is 3.04. The van der Waals surface area contributed by atoms with Crippen LogP contribution >= 0.6 is 11.3 Å². The van der Waals surface area contributed by atoms with Gasteiger partial charge in [-0.2, -0.15) is 4.31 Å². The third-order valence-electron chi connectivity index (χ3n) is 4.93. The number of carbonyl (C=O) groups is 1. The first kappa shape index (κ1) is 16.9. The van der Waals surface area contributed by atoms with Crippen molar-refractivity contribution in [1.82, 2.24) is 9.21 Å². The molecule has 0 spiro atoms. The molecule has 1 saturated carbocycles. The highest BCUT2D eigenvalue weighted by Gasteiger charge is 2.33. The third kappa shape index (κ3) is 3.61. The van der Waals surface area contributed by atoms with Crippen molar-refractivity contribution >= 4 is 27.3 Å². The van der Waals surface area contributed by atoms with Crippen molar-refractivity contribution in [2.75, 3.05) is 20.1 Å². The van der Waals surface area contributed by atoms with E-state index in [1.54, 1.807) is 16.4 Å². The van der Waals surface area contributed by atoms with Crippen LogP contribution in [0.4, 0.5) is 0 Å². The molecule has 7 heteroatoms. The maximum Gasteiger partial charge on any atom is 0.252 e. The van der Waals surface area contributed by atoms with E-state index in [9.17, 15) is 13.2 Å². The largest absolute Gasteiger partial charge is 0.342 e. The highest BCUT2D eigenvalue weighted by molar-refractivity contribution is 7.91.